The molecule has 0 fully saturated rings. The van der Waals surface area contributed by atoms with E-state index in [2.05, 4.69) is 59.9 Å². The lowest BCUT2D eigenvalue weighted by molar-refractivity contribution is 1.66. The van der Waals surface area contributed by atoms with Crippen LogP contribution in [0.2, 0.25) is 0 Å². The van der Waals surface area contributed by atoms with Crippen molar-refractivity contribution in [2.45, 2.75) is 0 Å². The van der Waals surface area contributed by atoms with Crippen LogP contribution < -0.4 is 11.1 Å². The van der Waals surface area contributed by atoms with Gasteiger partial charge >= 0.3 is 0 Å². The minimum atomic E-state index is 0.291. The molecule has 0 spiro atoms. The summed E-state index contributed by atoms with van der Waals surface area (Å²) in [5.41, 5.74) is 6.61. The van der Waals surface area contributed by atoms with Gasteiger partial charge in [-0.15, -0.1) is 0 Å². The summed E-state index contributed by atoms with van der Waals surface area (Å²) in [6.45, 7) is 0. The summed E-state index contributed by atoms with van der Waals surface area (Å²) in [5.74, 6) is 0. The van der Waals surface area contributed by atoms with Crippen molar-refractivity contribution in [1.82, 2.24) is 0 Å². The molecule has 0 saturated heterocycles. The average molecular weight is 276 g/mol. The Hall–Kier alpha value is -2.39. The highest BCUT2D eigenvalue weighted by molar-refractivity contribution is 7.80. The van der Waals surface area contributed by atoms with Gasteiger partial charge in [-0.05, 0) is 45.2 Å². The molecule has 4 aromatic carbocycles. The number of hydrogen-bond acceptors (Lipinski definition) is 1. The second-order valence-electron chi connectivity index (χ2n) is 4.96. The zero-order valence-corrected chi connectivity index (χ0v) is 11.5. The van der Waals surface area contributed by atoms with E-state index in [1.165, 1.54) is 26.9 Å². The normalized spacial score (nSPS) is 11.4. The SMILES string of the molecule is NC(=S)Nc1cc2cccc3ccc4cccc1c4c32. The summed E-state index contributed by atoms with van der Waals surface area (Å²) in [4.78, 5) is 0. The van der Waals surface area contributed by atoms with Gasteiger partial charge < -0.3 is 11.1 Å². The molecule has 0 aliphatic rings. The van der Waals surface area contributed by atoms with Crippen LogP contribution in [0.25, 0.3) is 32.3 Å². The summed E-state index contributed by atoms with van der Waals surface area (Å²) < 4.78 is 0. The third-order valence-corrected chi connectivity index (χ3v) is 3.87. The van der Waals surface area contributed by atoms with E-state index < -0.39 is 0 Å². The van der Waals surface area contributed by atoms with Crippen molar-refractivity contribution >= 4 is 55.3 Å². The highest BCUT2D eigenvalue weighted by Crippen LogP contribution is 2.38. The molecular formula is C17H12N2S. The van der Waals surface area contributed by atoms with Gasteiger partial charge in [0.05, 0.1) is 0 Å². The van der Waals surface area contributed by atoms with E-state index in [1.54, 1.807) is 0 Å². The summed E-state index contributed by atoms with van der Waals surface area (Å²) in [7, 11) is 0. The van der Waals surface area contributed by atoms with Crippen LogP contribution in [0, 0.1) is 0 Å². The first kappa shape index (κ1) is 11.4. The van der Waals surface area contributed by atoms with E-state index in [1.807, 2.05) is 0 Å². The van der Waals surface area contributed by atoms with Gasteiger partial charge in [0.15, 0.2) is 5.11 Å². The van der Waals surface area contributed by atoms with Gasteiger partial charge in [-0.2, -0.15) is 0 Å². The number of benzene rings is 4. The molecular weight excluding hydrogens is 264 g/mol. The lowest BCUT2D eigenvalue weighted by atomic mass is 9.93. The topological polar surface area (TPSA) is 38.0 Å². The van der Waals surface area contributed by atoms with Gasteiger partial charge in [0.2, 0.25) is 0 Å². The molecule has 0 radical (unpaired) electrons. The van der Waals surface area contributed by atoms with Crippen LogP contribution in [0.15, 0.2) is 54.6 Å². The third kappa shape index (κ3) is 1.53. The monoisotopic (exact) mass is 276 g/mol. The molecule has 0 saturated carbocycles. The minimum Gasteiger partial charge on any atom is -0.376 e. The lowest BCUT2D eigenvalue weighted by Crippen LogP contribution is -2.19. The maximum atomic E-state index is 5.65. The molecule has 0 aliphatic heterocycles. The largest absolute Gasteiger partial charge is 0.376 e. The predicted molar refractivity (Wildman–Crippen MR) is 90.6 cm³/mol. The molecule has 3 N–H and O–H groups in total. The number of hydrogen-bond donors (Lipinski definition) is 2. The Morgan fingerprint density at radius 2 is 1.50 bits per heavy atom. The number of nitrogens with one attached hydrogen (secondary N) is 1. The standard InChI is InChI=1S/C17H12N2S/c18-17(20)19-14-9-12-5-1-3-10-7-8-11-4-2-6-13(14)16(11)15(10)12/h1-9H,(H3,18,19,20). The number of nitrogens with two attached hydrogens (primary N) is 1. The van der Waals surface area contributed by atoms with E-state index in [0.717, 1.165) is 11.1 Å². The summed E-state index contributed by atoms with van der Waals surface area (Å²) in [6.07, 6.45) is 0. The van der Waals surface area contributed by atoms with Crippen LogP contribution in [0.1, 0.15) is 0 Å². The Morgan fingerprint density at radius 1 is 0.850 bits per heavy atom. The fourth-order valence-electron chi connectivity index (χ4n) is 3.00. The quantitative estimate of drug-likeness (QED) is 0.403. The number of thiocarbonyl (C=S) groups is 1. The van der Waals surface area contributed by atoms with Crippen LogP contribution in [0.3, 0.4) is 0 Å². The summed E-state index contributed by atoms with van der Waals surface area (Å²) in [5, 5.41) is 10.8. The second-order valence-corrected chi connectivity index (χ2v) is 5.40. The predicted octanol–water partition coefficient (Wildman–Crippen LogP) is 4.24. The molecule has 0 amide bonds. The van der Waals surface area contributed by atoms with Gasteiger partial charge in [0, 0.05) is 11.1 Å². The molecule has 0 aliphatic carbocycles. The highest BCUT2D eigenvalue weighted by atomic mass is 32.1. The average Bonchev–Trinajstić information content (AvgIpc) is 2.45. The van der Waals surface area contributed by atoms with E-state index >= 15 is 0 Å². The molecule has 0 aromatic heterocycles. The minimum absolute atomic E-state index is 0.291. The number of rotatable bonds is 1. The zero-order valence-electron chi connectivity index (χ0n) is 10.7. The Bertz CT molecular complexity index is 959. The van der Waals surface area contributed by atoms with E-state index in [0.29, 0.717) is 5.11 Å². The third-order valence-electron chi connectivity index (χ3n) is 3.77. The molecule has 0 unspecified atom stereocenters. The van der Waals surface area contributed by atoms with Gasteiger partial charge in [0.25, 0.3) is 0 Å². The van der Waals surface area contributed by atoms with Gasteiger partial charge in [-0.1, -0.05) is 48.5 Å². The number of anilines is 1. The smallest absolute Gasteiger partial charge is 0.168 e. The van der Waals surface area contributed by atoms with E-state index in [4.69, 9.17) is 18.0 Å². The van der Waals surface area contributed by atoms with Crippen molar-refractivity contribution in [1.29, 1.82) is 0 Å². The first-order valence-corrected chi connectivity index (χ1v) is 6.88. The molecule has 96 valence electrons. The fraction of sp³-hybridized carbons (Fsp3) is 0. The van der Waals surface area contributed by atoms with Crippen LogP contribution in [-0.2, 0) is 0 Å². The second kappa shape index (κ2) is 4.05. The van der Waals surface area contributed by atoms with Crippen molar-refractivity contribution in [2.24, 2.45) is 5.73 Å². The van der Waals surface area contributed by atoms with Crippen LogP contribution >= 0.6 is 12.2 Å². The van der Waals surface area contributed by atoms with Crippen molar-refractivity contribution in [3.05, 3.63) is 54.6 Å². The lowest BCUT2D eigenvalue weighted by Gasteiger charge is -2.15. The fourth-order valence-corrected chi connectivity index (χ4v) is 3.11. The Balaban J connectivity index is 2.27. The van der Waals surface area contributed by atoms with Crippen molar-refractivity contribution in [3.8, 4) is 0 Å². The first-order valence-electron chi connectivity index (χ1n) is 6.47. The molecule has 4 rings (SSSR count). The molecule has 2 nitrogen and oxygen atoms in total. The van der Waals surface area contributed by atoms with Crippen molar-refractivity contribution < 1.29 is 0 Å². The molecule has 0 bridgehead atoms. The Labute approximate surface area is 121 Å². The summed E-state index contributed by atoms with van der Waals surface area (Å²) in [6, 6.07) is 19.1. The Kier molecular flexibility index (Phi) is 2.32. The molecule has 3 heteroatoms. The maximum Gasteiger partial charge on any atom is 0.168 e. The first-order chi connectivity index (χ1) is 9.74. The molecule has 20 heavy (non-hydrogen) atoms. The van der Waals surface area contributed by atoms with E-state index in [9.17, 15) is 0 Å². The molecule has 0 atom stereocenters. The van der Waals surface area contributed by atoms with Crippen LogP contribution in [0.5, 0.6) is 0 Å². The maximum absolute atomic E-state index is 5.65. The van der Waals surface area contributed by atoms with Crippen LogP contribution in [0.4, 0.5) is 5.69 Å². The Morgan fingerprint density at radius 3 is 2.25 bits per heavy atom. The summed E-state index contributed by atoms with van der Waals surface area (Å²) >= 11 is 4.99. The highest BCUT2D eigenvalue weighted by Gasteiger charge is 2.11. The zero-order chi connectivity index (χ0) is 13.7. The molecule has 0 heterocycles. The van der Waals surface area contributed by atoms with Gasteiger partial charge in [-0.25, -0.2) is 0 Å². The van der Waals surface area contributed by atoms with Crippen molar-refractivity contribution in [2.75, 3.05) is 5.32 Å². The van der Waals surface area contributed by atoms with Gasteiger partial charge in [0.1, 0.15) is 0 Å². The van der Waals surface area contributed by atoms with Crippen LogP contribution in [-0.4, -0.2) is 5.11 Å². The van der Waals surface area contributed by atoms with E-state index in [-0.39, 0.29) is 0 Å². The van der Waals surface area contributed by atoms with Crippen molar-refractivity contribution in [3.63, 3.8) is 0 Å². The van der Waals surface area contributed by atoms with Gasteiger partial charge in [-0.3, -0.25) is 0 Å². The molecule has 4 aromatic rings.